The number of fused-ring (bicyclic) bond motifs is 1. The van der Waals surface area contributed by atoms with Crippen LogP contribution in [-0.4, -0.2) is 32.1 Å². The molecule has 0 bridgehead atoms. The van der Waals surface area contributed by atoms with E-state index in [0.717, 1.165) is 22.6 Å². The molecule has 0 saturated carbocycles. The largest absolute Gasteiger partial charge is 0.482 e. The number of halogens is 1. The molecule has 0 aliphatic carbocycles. The predicted molar refractivity (Wildman–Crippen MR) is 67.5 cm³/mol. The number of carbonyl (C=O) groups is 1. The number of rotatable bonds is 2. The highest BCUT2D eigenvalue weighted by atomic mass is 79.9. The van der Waals surface area contributed by atoms with Gasteiger partial charge in [-0.1, -0.05) is 15.9 Å². The third kappa shape index (κ3) is 1.87. The van der Waals surface area contributed by atoms with Crippen LogP contribution in [0.25, 0.3) is 0 Å². The molecule has 0 N–H and O–H groups in total. The number of hydrogen-bond donors (Lipinski definition) is 0. The molecule has 0 atom stereocenters. The summed E-state index contributed by atoms with van der Waals surface area (Å²) in [5.74, 6) is 0.736. The Balaban J connectivity index is 2.40. The third-order valence-corrected chi connectivity index (χ3v) is 3.40. The summed E-state index contributed by atoms with van der Waals surface area (Å²) in [5, 5.41) is 0. The van der Waals surface area contributed by atoms with E-state index in [-0.39, 0.29) is 12.5 Å². The van der Waals surface area contributed by atoms with Gasteiger partial charge in [0.2, 0.25) is 0 Å². The van der Waals surface area contributed by atoms with Crippen LogP contribution in [0.3, 0.4) is 0 Å². The zero-order valence-electron chi connectivity index (χ0n) is 9.24. The maximum Gasteiger partial charge on any atom is 0.264 e. The molecule has 1 aliphatic heterocycles. The summed E-state index contributed by atoms with van der Waals surface area (Å²) in [5.41, 5.74) is 2.60. The number of amides is 1. The average Bonchev–Trinajstić information content (AvgIpc) is 2.32. The van der Waals surface area contributed by atoms with Crippen molar-refractivity contribution in [1.82, 2.24) is 0 Å². The Morgan fingerprint density at radius 1 is 1.56 bits per heavy atom. The van der Waals surface area contributed by atoms with E-state index in [1.54, 1.807) is 11.9 Å². The number of ether oxygens (including phenoxy) is 1. The lowest BCUT2D eigenvalue weighted by atomic mass is 10.2. The van der Waals surface area contributed by atoms with Gasteiger partial charge in [0.15, 0.2) is 6.61 Å². The number of benzene rings is 1. The number of carbonyl (C=O) groups excluding carboxylic acids is 1. The van der Waals surface area contributed by atoms with Crippen LogP contribution in [0.5, 0.6) is 5.75 Å². The Bertz CT molecular complexity index is 422. The number of nitrogens with zero attached hydrogens (tertiary/aromatic N) is 2. The molecule has 5 heteroatoms. The predicted octanol–water partition coefficient (Wildman–Crippen LogP) is 1.83. The number of anilines is 2. The van der Waals surface area contributed by atoms with E-state index >= 15 is 0 Å². The van der Waals surface area contributed by atoms with Gasteiger partial charge in [0, 0.05) is 19.8 Å². The smallest absolute Gasteiger partial charge is 0.264 e. The lowest BCUT2D eigenvalue weighted by molar-refractivity contribution is -0.120. The maximum atomic E-state index is 11.5. The molecule has 4 nitrogen and oxygen atoms in total. The molecular weight excluding hydrogens is 272 g/mol. The monoisotopic (exact) mass is 284 g/mol. The van der Waals surface area contributed by atoms with Crippen molar-refractivity contribution in [2.45, 2.75) is 0 Å². The van der Waals surface area contributed by atoms with Gasteiger partial charge in [-0.15, -0.1) is 0 Å². The fourth-order valence-electron chi connectivity index (χ4n) is 1.57. The molecule has 1 amide bonds. The van der Waals surface area contributed by atoms with E-state index in [4.69, 9.17) is 4.74 Å². The van der Waals surface area contributed by atoms with Crippen molar-refractivity contribution in [3.63, 3.8) is 0 Å². The van der Waals surface area contributed by atoms with Crippen LogP contribution >= 0.6 is 15.9 Å². The number of alkyl halides is 1. The van der Waals surface area contributed by atoms with E-state index in [1.807, 2.05) is 30.1 Å². The molecule has 1 aliphatic rings. The topological polar surface area (TPSA) is 32.8 Å². The van der Waals surface area contributed by atoms with Crippen LogP contribution in [-0.2, 0) is 4.79 Å². The second-order valence-electron chi connectivity index (χ2n) is 3.71. The Kier molecular flexibility index (Phi) is 3.05. The molecule has 1 aromatic carbocycles. The summed E-state index contributed by atoms with van der Waals surface area (Å²) in [4.78, 5) is 15.1. The molecule has 0 radical (unpaired) electrons. The first-order chi connectivity index (χ1) is 7.63. The van der Waals surface area contributed by atoms with Gasteiger partial charge in [0.05, 0.1) is 11.1 Å². The first-order valence-electron chi connectivity index (χ1n) is 4.94. The molecule has 1 heterocycles. The quantitative estimate of drug-likeness (QED) is 0.614. The molecule has 0 saturated heterocycles. The summed E-state index contributed by atoms with van der Waals surface area (Å²) >= 11 is 3.39. The minimum atomic E-state index is -0.0221. The van der Waals surface area contributed by atoms with Gasteiger partial charge in [-0.25, -0.2) is 0 Å². The second-order valence-corrected chi connectivity index (χ2v) is 4.21. The Hall–Kier alpha value is -1.23. The molecular formula is C11H13BrN2O2. The van der Waals surface area contributed by atoms with E-state index in [0.29, 0.717) is 0 Å². The van der Waals surface area contributed by atoms with Gasteiger partial charge in [-0.2, -0.15) is 0 Å². The van der Waals surface area contributed by atoms with Crippen molar-refractivity contribution in [2.24, 2.45) is 0 Å². The van der Waals surface area contributed by atoms with Crippen molar-refractivity contribution in [3.05, 3.63) is 18.2 Å². The standard InChI is InChI=1S/C11H13BrN2O2/c1-13(7-12)8-3-4-10-9(5-8)14(2)11(15)6-16-10/h3-5H,6-7H2,1-2H3. The lowest BCUT2D eigenvalue weighted by Crippen LogP contribution is -2.35. The minimum Gasteiger partial charge on any atom is -0.482 e. The van der Waals surface area contributed by atoms with Crippen molar-refractivity contribution in [1.29, 1.82) is 0 Å². The summed E-state index contributed by atoms with van der Waals surface area (Å²) in [6.07, 6.45) is 0. The molecule has 0 aromatic heterocycles. The molecule has 0 unspecified atom stereocenters. The van der Waals surface area contributed by atoms with E-state index in [9.17, 15) is 4.79 Å². The van der Waals surface area contributed by atoms with Gasteiger partial charge in [-0.05, 0) is 18.2 Å². The Labute approximate surface area is 103 Å². The fourth-order valence-corrected chi connectivity index (χ4v) is 1.86. The Morgan fingerprint density at radius 3 is 3.00 bits per heavy atom. The highest BCUT2D eigenvalue weighted by Gasteiger charge is 2.22. The van der Waals surface area contributed by atoms with Crippen LogP contribution in [0.4, 0.5) is 11.4 Å². The normalized spacial score (nSPS) is 14.4. The van der Waals surface area contributed by atoms with Gasteiger partial charge in [0.1, 0.15) is 5.75 Å². The van der Waals surface area contributed by atoms with Gasteiger partial charge in [0.25, 0.3) is 5.91 Å². The minimum absolute atomic E-state index is 0.0221. The van der Waals surface area contributed by atoms with Gasteiger partial charge in [-0.3, -0.25) is 4.79 Å². The first-order valence-corrected chi connectivity index (χ1v) is 6.06. The summed E-state index contributed by atoms with van der Waals surface area (Å²) in [6, 6.07) is 5.82. The van der Waals surface area contributed by atoms with Crippen LogP contribution in [0.1, 0.15) is 0 Å². The number of likely N-dealkylation sites (N-methyl/N-ethyl adjacent to an activating group) is 1. The fraction of sp³-hybridized carbons (Fsp3) is 0.364. The zero-order valence-corrected chi connectivity index (χ0v) is 10.8. The SMILES string of the molecule is CN(CBr)c1ccc2c(c1)N(C)C(=O)CO2. The van der Waals surface area contributed by atoms with Crippen molar-refractivity contribution in [3.8, 4) is 5.75 Å². The highest BCUT2D eigenvalue weighted by Crippen LogP contribution is 2.34. The second kappa shape index (κ2) is 4.33. The average molecular weight is 285 g/mol. The molecule has 1 aromatic rings. The third-order valence-electron chi connectivity index (χ3n) is 2.65. The first kappa shape index (κ1) is 11.3. The van der Waals surface area contributed by atoms with E-state index in [1.165, 1.54) is 0 Å². The van der Waals surface area contributed by atoms with Crippen molar-refractivity contribution >= 4 is 33.2 Å². The van der Waals surface area contributed by atoms with Crippen molar-refractivity contribution in [2.75, 3.05) is 36.0 Å². The summed E-state index contributed by atoms with van der Waals surface area (Å²) < 4.78 is 5.35. The van der Waals surface area contributed by atoms with Gasteiger partial charge < -0.3 is 14.5 Å². The van der Waals surface area contributed by atoms with Crippen LogP contribution in [0.2, 0.25) is 0 Å². The van der Waals surface area contributed by atoms with Crippen LogP contribution in [0, 0.1) is 0 Å². The molecule has 0 spiro atoms. The molecule has 2 rings (SSSR count). The summed E-state index contributed by atoms with van der Waals surface area (Å²) in [6.45, 7) is 0.122. The maximum absolute atomic E-state index is 11.5. The lowest BCUT2D eigenvalue weighted by Gasteiger charge is -2.27. The molecule has 86 valence electrons. The molecule has 16 heavy (non-hydrogen) atoms. The molecule has 0 fully saturated rings. The summed E-state index contributed by atoms with van der Waals surface area (Å²) in [7, 11) is 3.74. The van der Waals surface area contributed by atoms with Crippen molar-refractivity contribution < 1.29 is 9.53 Å². The van der Waals surface area contributed by atoms with E-state index < -0.39 is 0 Å². The van der Waals surface area contributed by atoms with E-state index in [2.05, 4.69) is 15.9 Å². The Morgan fingerprint density at radius 2 is 2.31 bits per heavy atom. The zero-order chi connectivity index (χ0) is 11.7. The van der Waals surface area contributed by atoms with Crippen LogP contribution < -0.4 is 14.5 Å². The highest BCUT2D eigenvalue weighted by molar-refractivity contribution is 9.09. The van der Waals surface area contributed by atoms with Crippen LogP contribution in [0.15, 0.2) is 18.2 Å². The van der Waals surface area contributed by atoms with Gasteiger partial charge >= 0.3 is 0 Å². The number of hydrogen-bond acceptors (Lipinski definition) is 3.